The summed E-state index contributed by atoms with van der Waals surface area (Å²) < 4.78 is 10.6. The first-order valence-corrected chi connectivity index (χ1v) is 6.18. The van der Waals surface area contributed by atoms with Crippen molar-refractivity contribution in [3.63, 3.8) is 0 Å². The van der Waals surface area contributed by atoms with Crippen LogP contribution in [0.4, 0.5) is 0 Å². The molecule has 0 bridgehead atoms. The first kappa shape index (κ1) is 12.5. The fourth-order valence-electron chi connectivity index (χ4n) is 2.00. The molecular formula is C12H21N3O2. The van der Waals surface area contributed by atoms with Crippen LogP contribution in [0.3, 0.4) is 0 Å². The van der Waals surface area contributed by atoms with Crippen molar-refractivity contribution in [2.24, 2.45) is 0 Å². The average molecular weight is 239 g/mol. The smallest absolute Gasteiger partial charge is 0.181 e. The van der Waals surface area contributed by atoms with Crippen LogP contribution in [0.1, 0.15) is 18.4 Å². The minimum Gasteiger partial charge on any atom is -0.447 e. The van der Waals surface area contributed by atoms with Crippen LogP contribution in [0.2, 0.25) is 0 Å². The third-order valence-corrected chi connectivity index (χ3v) is 3.09. The van der Waals surface area contributed by atoms with Crippen molar-refractivity contribution in [2.75, 3.05) is 32.8 Å². The maximum atomic E-state index is 5.33. The number of hydrogen-bond donors (Lipinski definition) is 1. The Morgan fingerprint density at radius 1 is 1.47 bits per heavy atom. The van der Waals surface area contributed by atoms with E-state index in [1.807, 2.05) is 6.92 Å². The van der Waals surface area contributed by atoms with Crippen molar-refractivity contribution < 1.29 is 9.15 Å². The lowest BCUT2D eigenvalue weighted by Crippen LogP contribution is -2.44. The second-order valence-corrected chi connectivity index (χ2v) is 4.56. The number of aromatic nitrogens is 1. The first-order chi connectivity index (χ1) is 8.25. The van der Waals surface area contributed by atoms with E-state index in [2.05, 4.69) is 22.1 Å². The Hall–Kier alpha value is -0.910. The zero-order chi connectivity index (χ0) is 12.1. The summed E-state index contributed by atoms with van der Waals surface area (Å²) >= 11 is 0. The molecule has 2 heterocycles. The van der Waals surface area contributed by atoms with Crippen LogP contribution in [0.5, 0.6) is 0 Å². The Kier molecular flexibility index (Phi) is 4.53. The summed E-state index contributed by atoms with van der Waals surface area (Å²) in [6.45, 7) is 9.74. The maximum Gasteiger partial charge on any atom is 0.181 e. The van der Waals surface area contributed by atoms with Gasteiger partial charge in [-0.3, -0.25) is 4.90 Å². The van der Waals surface area contributed by atoms with Crippen molar-refractivity contribution in [1.82, 2.24) is 15.2 Å². The Labute approximate surface area is 102 Å². The Morgan fingerprint density at radius 3 is 2.88 bits per heavy atom. The van der Waals surface area contributed by atoms with E-state index in [9.17, 15) is 0 Å². The number of oxazole rings is 1. The van der Waals surface area contributed by atoms with Gasteiger partial charge < -0.3 is 14.5 Å². The quantitative estimate of drug-likeness (QED) is 0.823. The average Bonchev–Trinajstić information content (AvgIpc) is 2.74. The standard InChI is InChI=1S/C12H21N3O2/c1-10(8-15-3-5-16-6-4-15)13-7-12-11(2)14-9-17-12/h9-10,13H,3-8H2,1-2H3. The largest absolute Gasteiger partial charge is 0.447 e. The summed E-state index contributed by atoms with van der Waals surface area (Å²) in [4.78, 5) is 6.50. The van der Waals surface area contributed by atoms with Gasteiger partial charge in [0.15, 0.2) is 6.39 Å². The van der Waals surface area contributed by atoms with Crippen molar-refractivity contribution in [2.45, 2.75) is 26.4 Å². The minimum atomic E-state index is 0.442. The lowest BCUT2D eigenvalue weighted by molar-refractivity contribution is 0.0342. The first-order valence-electron chi connectivity index (χ1n) is 6.18. The number of nitrogens with one attached hydrogen (secondary N) is 1. The van der Waals surface area contributed by atoms with Crippen LogP contribution in [-0.4, -0.2) is 48.8 Å². The molecule has 0 aliphatic carbocycles. The fraction of sp³-hybridized carbons (Fsp3) is 0.750. The van der Waals surface area contributed by atoms with E-state index in [0.29, 0.717) is 6.04 Å². The molecule has 1 N–H and O–H groups in total. The van der Waals surface area contributed by atoms with Gasteiger partial charge in [-0.15, -0.1) is 0 Å². The zero-order valence-electron chi connectivity index (χ0n) is 10.6. The van der Waals surface area contributed by atoms with E-state index in [1.54, 1.807) is 0 Å². The Morgan fingerprint density at radius 2 is 2.24 bits per heavy atom. The van der Waals surface area contributed by atoms with Gasteiger partial charge in [-0.2, -0.15) is 0 Å². The van der Waals surface area contributed by atoms with Crippen LogP contribution in [0.15, 0.2) is 10.8 Å². The molecule has 0 spiro atoms. The number of rotatable bonds is 5. The molecule has 0 saturated carbocycles. The molecule has 5 heteroatoms. The van der Waals surface area contributed by atoms with Crippen molar-refractivity contribution >= 4 is 0 Å². The van der Waals surface area contributed by atoms with Crippen molar-refractivity contribution in [3.05, 3.63) is 17.8 Å². The molecule has 96 valence electrons. The van der Waals surface area contributed by atoms with Crippen LogP contribution in [-0.2, 0) is 11.3 Å². The van der Waals surface area contributed by atoms with Gasteiger partial charge in [0.05, 0.1) is 25.5 Å². The molecule has 1 aromatic rings. The molecule has 1 atom stereocenters. The SMILES string of the molecule is Cc1ncoc1CNC(C)CN1CCOCC1. The van der Waals surface area contributed by atoms with E-state index in [-0.39, 0.29) is 0 Å². The highest BCUT2D eigenvalue weighted by molar-refractivity contribution is 5.03. The molecule has 1 fully saturated rings. The van der Waals surface area contributed by atoms with E-state index in [0.717, 1.165) is 50.8 Å². The normalized spacial score (nSPS) is 19.4. The Bertz CT molecular complexity index is 334. The van der Waals surface area contributed by atoms with E-state index < -0.39 is 0 Å². The number of aryl methyl sites for hydroxylation is 1. The minimum absolute atomic E-state index is 0.442. The second kappa shape index (κ2) is 6.14. The predicted molar refractivity (Wildman–Crippen MR) is 64.8 cm³/mol. The van der Waals surface area contributed by atoms with Gasteiger partial charge in [-0.1, -0.05) is 0 Å². The lowest BCUT2D eigenvalue weighted by Gasteiger charge is -2.29. The molecule has 1 aliphatic heterocycles. The molecule has 0 radical (unpaired) electrons. The molecule has 17 heavy (non-hydrogen) atoms. The molecule has 1 aliphatic rings. The van der Waals surface area contributed by atoms with Gasteiger partial charge in [0.2, 0.25) is 0 Å². The van der Waals surface area contributed by atoms with Gasteiger partial charge >= 0.3 is 0 Å². The summed E-state index contributed by atoms with van der Waals surface area (Å²) in [7, 11) is 0. The molecule has 0 amide bonds. The maximum absolute atomic E-state index is 5.33. The van der Waals surface area contributed by atoms with Crippen LogP contribution < -0.4 is 5.32 Å². The van der Waals surface area contributed by atoms with Crippen LogP contribution in [0, 0.1) is 6.92 Å². The number of hydrogen-bond acceptors (Lipinski definition) is 5. The zero-order valence-corrected chi connectivity index (χ0v) is 10.6. The molecule has 2 rings (SSSR count). The van der Waals surface area contributed by atoms with Gasteiger partial charge in [-0.05, 0) is 13.8 Å². The summed E-state index contributed by atoms with van der Waals surface area (Å²) in [5.41, 5.74) is 0.969. The van der Waals surface area contributed by atoms with Crippen LogP contribution >= 0.6 is 0 Å². The number of morpholine rings is 1. The summed E-state index contributed by atoms with van der Waals surface area (Å²) in [6.07, 6.45) is 1.50. The van der Waals surface area contributed by atoms with E-state index in [4.69, 9.17) is 9.15 Å². The van der Waals surface area contributed by atoms with E-state index >= 15 is 0 Å². The van der Waals surface area contributed by atoms with Gasteiger partial charge in [0.25, 0.3) is 0 Å². The highest BCUT2D eigenvalue weighted by Gasteiger charge is 2.14. The topological polar surface area (TPSA) is 50.5 Å². The van der Waals surface area contributed by atoms with Gasteiger partial charge in [0, 0.05) is 25.7 Å². The number of ether oxygens (including phenoxy) is 1. The Balaban J connectivity index is 1.70. The van der Waals surface area contributed by atoms with Crippen LogP contribution in [0.25, 0.3) is 0 Å². The van der Waals surface area contributed by atoms with Crippen molar-refractivity contribution in [1.29, 1.82) is 0 Å². The highest BCUT2D eigenvalue weighted by Crippen LogP contribution is 2.05. The molecule has 1 saturated heterocycles. The third-order valence-electron chi connectivity index (χ3n) is 3.09. The highest BCUT2D eigenvalue weighted by atomic mass is 16.5. The van der Waals surface area contributed by atoms with E-state index in [1.165, 1.54) is 6.39 Å². The molecule has 0 aromatic carbocycles. The monoisotopic (exact) mass is 239 g/mol. The molecule has 5 nitrogen and oxygen atoms in total. The summed E-state index contributed by atoms with van der Waals surface area (Å²) in [5.74, 6) is 0.929. The van der Waals surface area contributed by atoms with Gasteiger partial charge in [-0.25, -0.2) is 4.98 Å². The predicted octanol–water partition coefficient (Wildman–Crippen LogP) is 0.793. The summed E-state index contributed by atoms with van der Waals surface area (Å²) in [5, 5.41) is 3.46. The second-order valence-electron chi connectivity index (χ2n) is 4.56. The summed E-state index contributed by atoms with van der Waals surface area (Å²) in [6, 6.07) is 0.442. The fourth-order valence-corrected chi connectivity index (χ4v) is 2.00. The van der Waals surface area contributed by atoms with Crippen molar-refractivity contribution in [3.8, 4) is 0 Å². The molecule has 1 unspecified atom stereocenters. The molecular weight excluding hydrogens is 218 g/mol. The lowest BCUT2D eigenvalue weighted by atomic mass is 10.2. The molecule has 1 aromatic heterocycles. The third kappa shape index (κ3) is 3.80. The van der Waals surface area contributed by atoms with Gasteiger partial charge in [0.1, 0.15) is 5.76 Å². The number of nitrogens with zero attached hydrogens (tertiary/aromatic N) is 2.